The van der Waals surface area contributed by atoms with Crippen molar-refractivity contribution in [2.24, 2.45) is 0 Å². The van der Waals surface area contributed by atoms with Gasteiger partial charge in [0.15, 0.2) is 9.84 Å². The van der Waals surface area contributed by atoms with Crippen molar-refractivity contribution in [1.82, 2.24) is 4.90 Å². The van der Waals surface area contributed by atoms with Crippen LogP contribution in [0.3, 0.4) is 0 Å². The second-order valence-corrected chi connectivity index (χ2v) is 6.65. The van der Waals surface area contributed by atoms with Crippen LogP contribution < -0.4 is 0 Å². The molecule has 1 N–H and O–H groups in total. The third-order valence-corrected chi connectivity index (χ3v) is 5.18. The molecule has 0 aliphatic carbocycles. The molecule has 1 atom stereocenters. The average molecular weight is 303 g/mol. The van der Waals surface area contributed by atoms with Gasteiger partial charge in [0.25, 0.3) is 0 Å². The molecule has 0 aromatic heterocycles. The second kappa shape index (κ2) is 5.76. The van der Waals surface area contributed by atoms with Gasteiger partial charge in [-0.3, -0.25) is 0 Å². The van der Waals surface area contributed by atoms with Crippen molar-refractivity contribution >= 4 is 15.9 Å². The summed E-state index contributed by atoms with van der Waals surface area (Å²) in [6.45, 7) is 0.0467. The Bertz CT molecular complexity index is 586. The number of nitrogens with zero attached hydrogens (tertiary/aromatic N) is 1. The van der Waals surface area contributed by atoms with Gasteiger partial charge in [0.1, 0.15) is 11.1 Å². The van der Waals surface area contributed by atoms with E-state index in [1.54, 1.807) is 0 Å². The molecule has 1 aliphatic heterocycles. The third-order valence-electron chi connectivity index (χ3n) is 3.08. The molecule has 20 heavy (non-hydrogen) atoms. The van der Waals surface area contributed by atoms with E-state index in [-0.39, 0.29) is 31.2 Å². The van der Waals surface area contributed by atoms with Crippen LogP contribution in [0, 0.1) is 5.82 Å². The number of halogens is 1. The van der Waals surface area contributed by atoms with E-state index in [1.807, 2.05) is 0 Å². The zero-order chi connectivity index (χ0) is 14.8. The van der Waals surface area contributed by atoms with Crippen LogP contribution in [0.4, 0.5) is 9.18 Å². The first-order chi connectivity index (χ1) is 9.41. The Morgan fingerprint density at radius 3 is 2.60 bits per heavy atom. The Balaban J connectivity index is 2.27. The van der Waals surface area contributed by atoms with Crippen molar-refractivity contribution < 1.29 is 27.4 Å². The van der Waals surface area contributed by atoms with Crippen molar-refractivity contribution in [2.45, 2.75) is 10.1 Å². The summed E-state index contributed by atoms with van der Waals surface area (Å²) in [6, 6.07) is 4.44. The minimum Gasteiger partial charge on any atom is -0.465 e. The Morgan fingerprint density at radius 1 is 1.35 bits per heavy atom. The van der Waals surface area contributed by atoms with E-state index in [4.69, 9.17) is 9.84 Å². The molecule has 1 aliphatic rings. The van der Waals surface area contributed by atoms with Crippen LogP contribution in [-0.2, 0) is 14.6 Å². The Labute approximate surface area is 115 Å². The molecule has 1 heterocycles. The van der Waals surface area contributed by atoms with Gasteiger partial charge in [0.2, 0.25) is 0 Å². The summed E-state index contributed by atoms with van der Waals surface area (Å²) in [5.41, 5.74) is 0. The molecule has 1 amide bonds. The summed E-state index contributed by atoms with van der Waals surface area (Å²) < 4.78 is 42.8. The number of carbonyl (C=O) groups is 1. The smallest absolute Gasteiger partial charge is 0.407 e. The minimum absolute atomic E-state index is 0.0419. The number of carboxylic acid groups (broad SMARTS) is 1. The first kappa shape index (κ1) is 14.7. The fourth-order valence-corrected chi connectivity index (χ4v) is 3.51. The molecule has 0 bridgehead atoms. The van der Waals surface area contributed by atoms with E-state index in [2.05, 4.69) is 0 Å². The predicted molar refractivity (Wildman–Crippen MR) is 67.8 cm³/mol. The van der Waals surface area contributed by atoms with Crippen LogP contribution in [0.15, 0.2) is 29.2 Å². The molecule has 110 valence electrons. The van der Waals surface area contributed by atoms with Crippen molar-refractivity contribution in [2.75, 3.05) is 26.3 Å². The molecule has 1 saturated heterocycles. The van der Waals surface area contributed by atoms with Crippen LogP contribution in [0.1, 0.15) is 0 Å². The number of hydrogen-bond donors (Lipinski definition) is 1. The lowest BCUT2D eigenvalue weighted by Gasteiger charge is -2.20. The predicted octanol–water partition coefficient (Wildman–Crippen LogP) is 0.978. The van der Waals surface area contributed by atoms with Crippen molar-refractivity contribution in [1.29, 1.82) is 0 Å². The molecule has 1 aromatic rings. The minimum atomic E-state index is -3.77. The quantitative estimate of drug-likeness (QED) is 0.823. The number of benzene rings is 1. The maximum absolute atomic E-state index is 12.8. The monoisotopic (exact) mass is 303 g/mol. The Hall–Kier alpha value is -1.67. The zero-order valence-electron chi connectivity index (χ0n) is 10.5. The lowest BCUT2D eigenvalue weighted by atomic mass is 10.3. The number of sulfone groups is 1. The topological polar surface area (TPSA) is 83.9 Å². The van der Waals surface area contributed by atoms with E-state index in [1.165, 1.54) is 12.1 Å². The molecular formula is C12H14FNO5S. The largest absolute Gasteiger partial charge is 0.465 e. The van der Waals surface area contributed by atoms with Gasteiger partial charge in [-0.15, -0.1) is 0 Å². The first-order valence-corrected chi connectivity index (χ1v) is 7.51. The van der Waals surface area contributed by atoms with Gasteiger partial charge < -0.3 is 14.7 Å². The summed E-state index contributed by atoms with van der Waals surface area (Å²) in [7, 11) is -3.77. The van der Waals surface area contributed by atoms with Gasteiger partial charge in [0, 0.05) is 13.1 Å². The average Bonchev–Trinajstić information content (AvgIpc) is 2.65. The van der Waals surface area contributed by atoms with Crippen molar-refractivity contribution in [3.63, 3.8) is 0 Å². The van der Waals surface area contributed by atoms with Crippen LogP contribution in [-0.4, -0.2) is 56.1 Å². The Kier molecular flexibility index (Phi) is 4.24. The van der Waals surface area contributed by atoms with Crippen LogP contribution in [0.5, 0.6) is 0 Å². The van der Waals surface area contributed by atoms with Gasteiger partial charge in [-0.25, -0.2) is 17.6 Å². The van der Waals surface area contributed by atoms with E-state index in [0.29, 0.717) is 0 Å². The number of hydrogen-bond acceptors (Lipinski definition) is 4. The molecule has 2 rings (SSSR count). The molecule has 8 heteroatoms. The standard InChI is InChI=1S/C12H14FNO5S/c13-9-1-3-10(4-2-9)20(17,18)11-7-14(12(15)16)5-6-19-8-11/h1-4,11H,5-8H2,(H,15,16)/t11-/m0/s1. The molecule has 0 unspecified atom stereocenters. The molecule has 0 spiro atoms. The maximum Gasteiger partial charge on any atom is 0.407 e. The lowest BCUT2D eigenvalue weighted by Crippen LogP contribution is -2.40. The van der Waals surface area contributed by atoms with E-state index < -0.39 is 27.0 Å². The lowest BCUT2D eigenvalue weighted by molar-refractivity contribution is 0.127. The van der Waals surface area contributed by atoms with Crippen LogP contribution in [0.25, 0.3) is 0 Å². The second-order valence-electron chi connectivity index (χ2n) is 4.42. The summed E-state index contributed by atoms with van der Waals surface area (Å²) in [5, 5.41) is 7.99. The highest BCUT2D eigenvalue weighted by Gasteiger charge is 2.33. The van der Waals surface area contributed by atoms with E-state index in [9.17, 15) is 17.6 Å². The number of amides is 1. The summed E-state index contributed by atoms with van der Waals surface area (Å²) >= 11 is 0. The third kappa shape index (κ3) is 3.07. The van der Waals surface area contributed by atoms with Crippen molar-refractivity contribution in [3.05, 3.63) is 30.1 Å². The van der Waals surface area contributed by atoms with E-state index in [0.717, 1.165) is 17.0 Å². The van der Waals surface area contributed by atoms with Gasteiger partial charge in [-0.05, 0) is 24.3 Å². The molecule has 1 fully saturated rings. The van der Waals surface area contributed by atoms with Gasteiger partial charge >= 0.3 is 6.09 Å². The highest BCUT2D eigenvalue weighted by molar-refractivity contribution is 7.92. The highest BCUT2D eigenvalue weighted by atomic mass is 32.2. The fraction of sp³-hybridized carbons (Fsp3) is 0.417. The van der Waals surface area contributed by atoms with Crippen molar-refractivity contribution in [3.8, 4) is 0 Å². The highest BCUT2D eigenvalue weighted by Crippen LogP contribution is 2.19. The van der Waals surface area contributed by atoms with Gasteiger partial charge in [-0.1, -0.05) is 0 Å². The van der Waals surface area contributed by atoms with E-state index >= 15 is 0 Å². The molecule has 0 radical (unpaired) electrons. The molecule has 6 nitrogen and oxygen atoms in total. The molecular weight excluding hydrogens is 289 g/mol. The van der Waals surface area contributed by atoms with Gasteiger partial charge in [0.05, 0.1) is 18.1 Å². The SMILES string of the molecule is O=C(O)N1CCOC[C@@H](S(=O)(=O)c2ccc(F)cc2)C1. The summed E-state index contributed by atoms with van der Waals surface area (Å²) in [5.74, 6) is -0.534. The summed E-state index contributed by atoms with van der Waals surface area (Å²) in [6.07, 6.45) is -1.19. The zero-order valence-corrected chi connectivity index (χ0v) is 11.3. The van der Waals surface area contributed by atoms with Crippen LogP contribution >= 0.6 is 0 Å². The normalized spacial score (nSPS) is 20.4. The number of rotatable bonds is 2. The van der Waals surface area contributed by atoms with Gasteiger partial charge in [-0.2, -0.15) is 0 Å². The molecule has 1 aromatic carbocycles. The maximum atomic E-state index is 12.8. The summed E-state index contributed by atoms with van der Waals surface area (Å²) in [4.78, 5) is 12.0. The number of ether oxygens (including phenoxy) is 1. The first-order valence-electron chi connectivity index (χ1n) is 5.96. The molecule has 0 saturated carbocycles. The van der Waals surface area contributed by atoms with Crippen LogP contribution in [0.2, 0.25) is 0 Å². The fourth-order valence-electron chi connectivity index (χ4n) is 1.96. The Morgan fingerprint density at radius 2 is 2.00 bits per heavy atom.